The van der Waals surface area contributed by atoms with Crippen LogP contribution in [-0.4, -0.2) is 54.7 Å². The van der Waals surface area contributed by atoms with Crippen molar-refractivity contribution in [2.75, 3.05) is 6.79 Å². The lowest BCUT2D eigenvalue weighted by atomic mass is 10.3. The molecule has 138 valence electrons. The Morgan fingerprint density at radius 3 is 2.29 bits per heavy atom. The average molecular weight is 375 g/mol. The summed E-state index contributed by atoms with van der Waals surface area (Å²) in [5.74, 6) is -3.78. The molecule has 1 atom stereocenters. The van der Waals surface area contributed by atoms with E-state index < -0.39 is 51.8 Å². The van der Waals surface area contributed by atoms with Crippen LogP contribution in [-0.2, 0) is 33.9 Å². The van der Waals surface area contributed by atoms with Crippen molar-refractivity contribution in [2.45, 2.75) is 43.6 Å². The molecule has 13 heteroatoms. The molecule has 0 radical (unpaired) electrons. The van der Waals surface area contributed by atoms with Gasteiger partial charge >= 0.3 is 33.4 Å². The number of alkyl carbamates (subject to hydrolysis) is 1. The molecule has 1 aliphatic carbocycles. The molecule has 1 unspecified atom stereocenters. The third kappa shape index (κ3) is 5.26. The monoisotopic (exact) mass is 375 g/mol. The number of amides is 1. The lowest BCUT2D eigenvalue weighted by molar-refractivity contribution is -0.179. The van der Waals surface area contributed by atoms with Crippen LogP contribution in [0.3, 0.4) is 0 Å². The highest BCUT2D eigenvalue weighted by atomic mass is 32.2. The number of alkyl halides is 2. The lowest BCUT2D eigenvalue weighted by Gasteiger charge is -2.16. The number of carbonyl (C=O) groups excluding carboxylic acids is 3. The van der Waals surface area contributed by atoms with Crippen molar-refractivity contribution in [3.05, 3.63) is 0 Å². The summed E-state index contributed by atoms with van der Waals surface area (Å²) < 4.78 is 67.3. The molecule has 1 fully saturated rings. The second kappa shape index (κ2) is 6.84. The molecule has 0 spiro atoms. The summed E-state index contributed by atoms with van der Waals surface area (Å²) in [4.78, 5) is 33.7. The number of esters is 2. The summed E-state index contributed by atoms with van der Waals surface area (Å²) in [5, 5.41) is -3.09. The van der Waals surface area contributed by atoms with Crippen LogP contribution in [0.5, 0.6) is 0 Å². The molecular formula is C11H15F2NO9S. The molecule has 1 rings (SSSR count). The first kappa shape index (κ1) is 20.0. The fraction of sp³-hybridized carbons (Fsp3) is 0.727. The Labute approximate surface area is 135 Å². The van der Waals surface area contributed by atoms with E-state index in [9.17, 15) is 31.6 Å². The summed E-state index contributed by atoms with van der Waals surface area (Å²) in [7, 11) is -6.02. The standard InChI is InChI=1S/C11H15F2NO9S/c1-6(14-9(17)23-10(2)3-4-10)7(15)21-5-22-8(16)11(12,13)24(18,19)20/h6H,3-5H2,1-2H3,(H,14,17)(H,18,19,20). The second-order valence-corrected chi connectivity index (χ2v) is 6.67. The zero-order valence-corrected chi connectivity index (χ0v) is 13.4. The van der Waals surface area contributed by atoms with Gasteiger partial charge in [-0.1, -0.05) is 0 Å². The number of hydrogen-bond donors (Lipinski definition) is 2. The van der Waals surface area contributed by atoms with Gasteiger partial charge in [-0.25, -0.2) is 14.4 Å². The Morgan fingerprint density at radius 2 is 1.83 bits per heavy atom. The molecule has 0 saturated heterocycles. The highest BCUT2D eigenvalue weighted by molar-refractivity contribution is 7.87. The van der Waals surface area contributed by atoms with Gasteiger partial charge in [-0.3, -0.25) is 4.55 Å². The Balaban J connectivity index is 2.37. The van der Waals surface area contributed by atoms with Crippen molar-refractivity contribution in [3.63, 3.8) is 0 Å². The van der Waals surface area contributed by atoms with Crippen LogP contribution in [0.2, 0.25) is 0 Å². The first-order chi connectivity index (χ1) is 10.8. The summed E-state index contributed by atoms with van der Waals surface area (Å²) in [6, 6.07) is -1.25. The number of ether oxygens (including phenoxy) is 3. The Kier molecular flexibility index (Phi) is 5.71. The average Bonchev–Trinajstić information content (AvgIpc) is 3.13. The molecule has 1 saturated carbocycles. The number of rotatable bonds is 7. The van der Waals surface area contributed by atoms with E-state index in [1.54, 1.807) is 6.92 Å². The summed E-state index contributed by atoms with van der Waals surface area (Å²) in [6.07, 6.45) is 0.461. The van der Waals surface area contributed by atoms with Crippen molar-refractivity contribution < 1.29 is 50.3 Å². The van der Waals surface area contributed by atoms with Gasteiger partial charge < -0.3 is 19.5 Å². The first-order valence-corrected chi connectivity index (χ1v) is 7.91. The number of carbonyl (C=O) groups is 3. The minimum absolute atomic E-state index is 0.579. The smallest absolute Gasteiger partial charge is 0.443 e. The Morgan fingerprint density at radius 1 is 1.29 bits per heavy atom. The van der Waals surface area contributed by atoms with Crippen molar-refractivity contribution in [2.24, 2.45) is 0 Å². The van der Waals surface area contributed by atoms with Crippen LogP contribution in [0.1, 0.15) is 26.7 Å². The molecule has 1 amide bonds. The quantitative estimate of drug-likeness (QED) is 0.361. The molecule has 0 heterocycles. The number of halogens is 2. The van der Waals surface area contributed by atoms with Crippen LogP contribution in [0.25, 0.3) is 0 Å². The van der Waals surface area contributed by atoms with E-state index in [1.165, 1.54) is 6.92 Å². The topological polar surface area (TPSA) is 145 Å². The normalized spacial score (nSPS) is 17.4. The van der Waals surface area contributed by atoms with Crippen LogP contribution < -0.4 is 5.32 Å². The van der Waals surface area contributed by atoms with Gasteiger partial charge in [0.05, 0.1) is 0 Å². The zero-order valence-electron chi connectivity index (χ0n) is 12.6. The maximum atomic E-state index is 12.8. The SMILES string of the molecule is CC(NC(=O)OC1(C)CC1)C(=O)OCOC(=O)C(F)(F)S(=O)(=O)O. The van der Waals surface area contributed by atoms with Gasteiger partial charge in [0, 0.05) is 0 Å². The Bertz CT molecular complexity index is 629. The van der Waals surface area contributed by atoms with Gasteiger partial charge in [0.1, 0.15) is 11.6 Å². The molecule has 24 heavy (non-hydrogen) atoms. The van der Waals surface area contributed by atoms with Crippen molar-refractivity contribution in [1.29, 1.82) is 0 Å². The molecular weight excluding hydrogens is 360 g/mol. The fourth-order valence-corrected chi connectivity index (χ4v) is 1.49. The molecule has 1 aliphatic rings. The van der Waals surface area contributed by atoms with E-state index in [4.69, 9.17) is 9.29 Å². The predicted molar refractivity (Wildman–Crippen MR) is 70.3 cm³/mol. The van der Waals surface area contributed by atoms with E-state index in [-0.39, 0.29) is 0 Å². The summed E-state index contributed by atoms with van der Waals surface area (Å²) in [5.41, 5.74) is -0.579. The minimum Gasteiger partial charge on any atom is -0.443 e. The van der Waals surface area contributed by atoms with E-state index in [2.05, 4.69) is 14.8 Å². The lowest BCUT2D eigenvalue weighted by Crippen LogP contribution is -2.42. The first-order valence-electron chi connectivity index (χ1n) is 6.47. The highest BCUT2D eigenvalue weighted by Gasteiger charge is 2.54. The molecule has 2 N–H and O–H groups in total. The number of hydrogen-bond acceptors (Lipinski definition) is 8. The predicted octanol–water partition coefficient (Wildman–Crippen LogP) is 0.178. The molecule has 0 aromatic rings. The molecule has 0 aromatic heterocycles. The van der Waals surface area contributed by atoms with Gasteiger partial charge in [0.25, 0.3) is 0 Å². The van der Waals surface area contributed by atoms with E-state index >= 15 is 0 Å². The van der Waals surface area contributed by atoms with E-state index in [1.807, 2.05) is 0 Å². The van der Waals surface area contributed by atoms with Crippen molar-refractivity contribution in [3.8, 4) is 0 Å². The largest absolute Gasteiger partial charge is 0.465 e. The van der Waals surface area contributed by atoms with Gasteiger partial charge in [0.15, 0.2) is 0 Å². The third-order valence-electron chi connectivity index (χ3n) is 2.93. The van der Waals surface area contributed by atoms with E-state index in [0.29, 0.717) is 12.8 Å². The Hall–Kier alpha value is -2.02. The van der Waals surface area contributed by atoms with Gasteiger partial charge in [-0.2, -0.15) is 17.2 Å². The maximum absolute atomic E-state index is 12.8. The van der Waals surface area contributed by atoms with Gasteiger partial charge in [0.2, 0.25) is 6.79 Å². The third-order valence-corrected chi connectivity index (χ3v) is 3.75. The van der Waals surface area contributed by atoms with Crippen molar-refractivity contribution in [1.82, 2.24) is 5.32 Å². The maximum Gasteiger partial charge on any atom is 0.465 e. The summed E-state index contributed by atoms with van der Waals surface area (Å²) >= 11 is 0. The van der Waals surface area contributed by atoms with Crippen molar-refractivity contribution >= 4 is 28.1 Å². The van der Waals surface area contributed by atoms with E-state index in [0.717, 1.165) is 0 Å². The van der Waals surface area contributed by atoms with Crippen LogP contribution in [0.15, 0.2) is 0 Å². The number of nitrogens with one attached hydrogen (secondary N) is 1. The zero-order chi connectivity index (χ0) is 18.8. The fourth-order valence-electron chi connectivity index (χ4n) is 1.22. The van der Waals surface area contributed by atoms with Crippen LogP contribution in [0, 0.1) is 0 Å². The molecule has 0 aromatic carbocycles. The highest BCUT2D eigenvalue weighted by Crippen LogP contribution is 2.38. The van der Waals surface area contributed by atoms with Crippen LogP contribution in [0.4, 0.5) is 13.6 Å². The van der Waals surface area contributed by atoms with Crippen LogP contribution >= 0.6 is 0 Å². The second-order valence-electron chi connectivity index (χ2n) is 5.21. The molecule has 0 aliphatic heterocycles. The van der Waals surface area contributed by atoms with Gasteiger partial charge in [-0.05, 0) is 26.7 Å². The molecule has 0 bridgehead atoms. The van der Waals surface area contributed by atoms with Gasteiger partial charge in [-0.15, -0.1) is 0 Å². The molecule has 10 nitrogen and oxygen atoms in total. The minimum atomic E-state index is -6.02. The summed E-state index contributed by atoms with van der Waals surface area (Å²) in [6.45, 7) is 1.53.